The number of likely N-dealkylation sites (N-methyl/N-ethyl adjacent to an activating group) is 1. The first-order valence-corrected chi connectivity index (χ1v) is 6.66. The average Bonchev–Trinajstić information content (AvgIpc) is 2.77. The number of rotatable bonds is 7. The first-order chi connectivity index (χ1) is 10.0. The van der Waals surface area contributed by atoms with Crippen LogP contribution < -0.4 is 5.69 Å². The van der Waals surface area contributed by atoms with Crippen molar-refractivity contribution in [3.63, 3.8) is 0 Å². The van der Waals surface area contributed by atoms with Crippen LogP contribution in [0.25, 0.3) is 11.0 Å². The zero-order valence-corrected chi connectivity index (χ0v) is 12.1. The van der Waals surface area contributed by atoms with E-state index in [9.17, 15) is 9.59 Å². The van der Waals surface area contributed by atoms with Crippen LogP contribution in [-0.2, 0) is 11.3 Å². The van der Waals surface area contributed by atoms with Crippen LogP contribution in [0.2, 0.25) is 0 Å². The van der Waals surface area contributed by atoms with Crippen LogP contribution in [-0.4, -0.2) is 59.4 Å². The molecule has 0 fully saturated rings. The Morgan fingerprint density at radius 2 is 2.19 bits per heavy atom. The van der Waals surface area contributed by atoms with Crippen molar-refractivity contribution in [2.75, 3.05) is 33.9 Å². The lowest BCUT2D eigenvalue weighted by atomic mass is 10.2. The first-order valence-electron chi connectivity index (χ1n) is 6.66. The van der Waals surface area contributed by atoms with Gasteiger partial charge in [0.15, 0.2) is 0 Å². The number of aromatic carboxylic acids is 1. The Kier molecular flexibility index (Phi) is 4.77. The smallest absolute Gasteiger partial charge is 0.335 e. The van der Waals surface area contributed by atoms with Gasteiger partial charge in [-0.3, -0.25) is 4.57 Å². The molecule has 114 valence electrons. The number of hydrogen-bond acceptors (Lipinski definition) is 4. The largest absolute Gasteiger partial charge is 0.478 e. The van der Waals surface area contributed by atoms with E-state index in [0.717, 1.165) is 6.54 Å². The third kappa shape index (κ3) is 3.50. The van der Waals surface area contributed by atoms with Crippen molar-refractivity contribution < 1.29 is 14.6 Å². The van der Waals surface area contributed by atoms with E-state index in [0.29, 0.717) is 30.7 Å². The van der Waals surface area contributed by atoms with Gasteiger partial charge in [0.25, 0.3) is 0 Å². The standard InChI is InChI=1S/C14H19N3O4/c1-16(7-8-21-2)5-6-17-12-4-3-10(13(18)19)9-11(12)15-14(17)20/h3-4,9H,5-8H2,1-2H3,(H,15,20)(H,18,19). The van der Waals surface area contributed by atoms with Gasteiger partial charge in [-0.15, -0.1) is 0 Å². The number of methoxy groups -OCH3 is 1. The van der Waals surface area contributed by atoms with Crippen molar-refractivity contribution in [3.8, 4) is 0 Å². The number of aromatic amines is 1. The molecule has 0 amide bonds. The van der Waals surface area contributed by atoms with Crippen LogP contribution in [0.15, 0.2) is 23.0 Å². The number of nitrogens with one attached hydrogen (secondary N) is 1. The van der Waals surface area contributed by atoms with Crippen molar-refractivity contribution >= 4 is 17.0 Å². The first kappa shape index (κ1) is 15.3. The van der Waals surface area contributed by atoms with Crippen molar-refractivity contribution in [1.29, 1.82) is 0 Å². The molecule has 0 bridgehead atoms. The molecule has 0 unspecified atom stereocenters. The fraction of sp³-hybridized carbons (Fsp3) is 0.429. The third-order valence-electron chi connectivity index (χ3n) is 3.40. The highest BCUT2D eigenvalue weighted by molar-refractivity contribution is 5.92. The fourth-order valence-electron chi connectivity index (χ4n) is 2.15. The minimum absolute atomic E-state index is 0.160. The molecule has 2 N–H and O–H groups in total. The van der Waals surface area contributed by atoms with E-state index in [1.54, 1.807) is 17.7 Å². The van der Waals surface area contributed by atoms with Crippen LogP contribution in [0.5, 0.6) is 0 Å². The van der Waals surface area contributed by atoms with Crippen molar-refractivity contribution in [2.45, 2.75) is 6.54 Å². The molecule has 2 rings (SSSR count). The molecule has 7 heteroatoms. The maximum atomic E-state index is 12.0. The van der Waals surface area contributed by atoms with Crippen molar-refractivity contribution in [3.05, 3.63) is 34.2 Å². The normalized spacial score (nSPS) is 11.4. The summed E-state index contributed by atoms with van der Waals surface area (Å²) in [7, 11) is 3.61. The predicted molar refractivity (Wildman–Crippen MR) is 78.9 cm³/mol. The Labute approximate surface area is 121 Å². The highest BCUT2D eigenvalue weighted by atomic mass is 16.5. The van der Waals surface area contributed by atoms with Gasteiger partial charge in [0, 0.05) is 26.7 Å². The number of hydrogen-bond donors (Lipinski definition) is 2. The summed E-state index contributed by atoms with van der Waals surface area (Å²) in [6.07, 6.45) is 0. The molecule has 1 aromatic carbocycles. The van der Waals surface area contributed by atoms with Gasteiger partial charge in [0.1, 0.15) is 0 Å². The average molecular weight is 293 g/mol. The van der Waals surface area contributed by atoms with Crippen molar-refractivity contribution in [1.82, 2.24) is 14.5 Å². The van der Waals surface area contributed by atoms with Gasteiger partial charge in [-0.25, -0.2) is 9.59 Å². The monoisotopic (exact) mass is 293 g/mol. The van der Waals surface area contributed by atoms with Crippen LogP contribution in [0.1, 0.15) is 10.4 Å². The lowest BCUT2D eigenvalue weighted by Gasteiger charge is -2.16. The van der Waals surface area contributed by atoms with Crippen LogP contribution >= 0.6 is 0 Å². The molecule has 21 heavy (non-hydrogen) atoms. The summed E-state index contributed by atoms with van der Waals surface area (Å²) in [5.74, 6) is -1.01. The summed E-state index contributed by atoms with van der Waals surface area (Å²) >= 11 is 0. The van der Waals surface area contributed by atoms with Crippen LogP contribution in [0.3, 0.4) is 0 Å². The van der Waals surface area contributed by atoms with Gasteiger partial charge in [-0.2, -0.15) is 0 Å². The summed E-state index contributed by atoms with van der Waals surface area (Å²) < 4.78 is 6.62. The Hall–Kier alpha value is -2.12. The summed E-state index contributed by atoms with van der Waals surface area (Å²) in [5.41, 5.74) is 1.19. The van der Waals surface area contributed by atoms with Gasteiger partial charge in [-0.1, -0.05) is 0 Å². The molecule has 0 saturated heterocycles. The number of carbonyl (C=O) groups is 1. The van der Waals surface area contributed by atoms with Gasteiger partial charge in [0.2, 0.25) is 0 Å². The number of fused-ring (bicyclic) bond motifs is 1. The number of benzene rings is 1. The lowest BCUT2D eigenvalue weighted by molar-refractivity contribution is 0.0697. The van der Waals surface area contributed by atoms with Crippen LogP contribution in [0, 0.1) is 0 Å². The number of ether oxygens (including phenoxy) is 1. The topological polar surface area (TPSA) is 87.6 Å². The van der Waals surface area contributed by atoms with E-state index < -0.39 is 5.97 Å². The van der Waals surface area contributed by atoms with E-state index in [1.807, 2.05) is 7.05 Å². The van der Waals surface area contributed by atoms with Gasteiger partial charge >= 0.3 is 11.7 Å². The Bertz CT molecular complexity index is 689. The molecule has 1 heterocycles. The molecule has 0 atom stereocenters. The maximum Gasteiger partial charge on any atom is 0.335 e. The predicted octanol–water partition coefficient (Wildman–Crippen LogP) is 0.606. The van der Waals surface area contributed by atoms with Crippen LogP contribution in [0.4, 0.5) is 0 Å². The highest BCUT2D eigenvalue weighted by Crippen LogP contribution is 2.13. The molecule has 7 nitrogen and oxygen atoms in total. The molecular formula is C14H19N3O4. The number of nitrogens with zero attached hydrogens (tertiary/aromatic N) is 2. The molecule has 2 aromatic rings. The number of aromatic nitrogens is 2. The summed E-state index contributed by atoms with van der Waals surface area (Å²) in [6.45, 7) is 2.67. The quantitative estimate of drug-likeness (QED) is 0.781. The van der Waals surface area contributed by atoms with E-state index in [1.165, 1.54) is 12.1 Å². The Morgan fingerprint density at radius 1 is 1.43 bits per heavy atom. The second-order valence-corrected chi connectivity index (χ2v) is 4.91. The highest BCUT2D eigenvalue weighted by Gasteiger charge is 2.10. The van der Waals surface area contributed by atoms with E-state index in [2.05, 4.69) is 9.88 Å². The van der Waals surface area contributed by atoms with E-state index in [4.69, 9.17) is 9.84 Å². The Morgan fingerprint density at radius 3 is 2.86 bits per heavy atom. The maximum absolute atomic E-state index is 12.0. The molecule has 0 aliphatic carbocycles. The fourth-order valence-corrected chi connectivity index (χ4v) is 2.15. The molecule has 1 aromatic heterocycles. The molecule has 0 saturated carbocycles. The van der Waals surface area contributed by atoms with E-state index >= 15 is 0 Å². The SMILES string of the molecule is COCCN(C)CCn1c(=O)[nH]c2cc(C(=O)O)ccc21. The third-order valence-corrected chi connectivity index (χ3v) is 3.40. The number of H-pyrrole nitrogens is 1. The second kappa shape index (κ2) is 6.55. The molecule has 0 aliphatic heterocycles. The summed E-state index contributed by atoms with van der Waals surface area (Å²) in [5, 5.41) is 8.96. The van der Waals surface area contributed by atoms with E-state index in [-0.39, 0.29) is 11.3 Å². The summed E-state index contributed by atoms with van der Waals surface area (Å²) in [6, 6.07) is 4.64. The molecule has 0 aliphatic rings. The Balaban J connectivity index is 2.18. The van der Waals surface area contributed by atoms with Gasteiger partial charge in [0.05, 0.1) is 23.2 Å². The minimum Gasteiger partial charge on any atom is -0.478 e. The van der Waals surface area contributed by atoms with Crippen molar-refractivity contribution in [2.24, 2.45) is 0 Å². The second-order valence-electron chi connectivity index (χ2n) is 4.91. The zero-order valence-electron chi connectivity index (χ0n) is 12.1. The minimum atomic E-state index is -1.01. The number of carboxylic acids is 1. The zero-order chi connectivity index (χ0) is 15.4. The number of imidazole rings is 1. The summed E-state index contributed by atoms with van der Waals surface area (Å²) in [4.78, 5) is 27.7. The number of carboxylic acid groups (broad SMARTS) is 1. The lowest BCUT2D eigenvalue weighted by Crippen LogP contribution is -2.29. The van der Waals surface area contributed by atoms with Gasteiger partial charge < -0.3 is 19.7 Å². The van der Waals surface area contributed by atoms with Gasteiger partial charge in [-0.05, 0) is 25.2 Å². The molecular weight excluding hydrogens is 274 g/mol. The molecule has 0 spiro atoms. The molecule has 0 radical (unpaired) electrons.